The third-order valence-electron chi connectivity index (χ3n) is 2.43. The lowest BCUT2D eigenvalue weighted by molar-refractivity contribution is 0.267. The van der Waals surface area contributed by atoms with Gasteiger partial charge in [0.1, 0.15) is 0 Å². The molecule has 0 bridgehead atoms. The highest BCUT2D eigenvalue weighted by atomic mass is 79.9. The number of aromatic nitrogens is 1. The summed E-state index contributed by atoms with van der Waals surface area (Å²) in [6.45, 7) is 0. The topological polar surface area (TPSA) is 55.5 Å². The van der Waals surface area contributed by atoms with Crippen LogP contribution in [0, 0.1) is 0 Å². The molecule has 2 rings (SSSR count). The average molecular weight is 285 g/mol. The van der Waals surface area contributed by atoms with Gasteiger partial charge in [-0.05, 0) is 18.2 Å². The standard InChI is InChI=1S/C10H9BrN2O3/c1-12(9(11)14)6-3-4-8-7(5-6)13(2)10(15)16-8/h3-5H,1-2H3. The number of halogens is 1. The molecule has 0 atom stereocenters. The number of fused-ring (bicyclic) bond motifs is 1. The third-order valence-corrected chi connectivity index (χ3v) is 2.96. The molecular formula is C10H9BrN2O3. The van der Waals surface area contributed by atoms with Crippen LogP contribution in [0.3, 0.4) is 0 Å². The molecule has 1 amide bonds. The van der Waals surface area contributed by atoms with Gasteiger partial charge in [-0.1, -0.05) is 0 Å². The van der Waals surface area contributed by atoms with E-state index in [9.17, 15) is 9.59 Å². The maximum absolute atomic E-state index is 11.3. The predicted molar refractivity (Wildman–Crippen MR) is 64.2 cm³/mol. The monoisotopic (exact) mass is 284 g/mol. The van der Waals surface area contributed by atoms with Gasteiger partial charge in [0.25, 0.3) is 4.82 Å². The van der Waals surface area contributed by atoms with E-state index in [1.807, 2.05) is 0 Å². The van der Waals surface area contributed by atoms with Crippen LogP contribution in [0.4, 0.5) is 10.5 Å². The Labute approximate surface area is 99.4 Å². The van der Waals surface area contributed by atoms with E-state index in [2.05, 4.69) is 15.9 Å². The van der Waals surface area contributed by atoms with Crippen molar-refractivity contribution in [3.63, 3.8) is 0 Å². The van der Waals surface area contributed by atoms with Crippen molar-refractivity contribution in [3.8, 4) is 0 Å². The second-order valence-corrected chi connectivity index (χ2v) is 4.07. The molecule has 16 heavy (non-hydrogen) atoms. The first-order chi connectivity index (χ1) is 7.50. The van der Waals surface area contributed by atoms with Gasteiger partial charge in [-0.2, -0.15) is 0 Å². The lowest BCUT2D eigenvalue weighted by Gasteiger charge is -2.13. The molecule has 0 N–H and O–H groups in total. The first-order valence-corrected chi connectivity index (χ1v) is 5.33. The summed E-state index contributed by atoms with van der Waals surface area (Å²) in [5, 5.41) is 0. The molecule has 0 unspecified atom stereocenters. The van der Waals surface area contributed by atoms with Crippen LogP contribution >= 0.6 is 15.9 Å². The number of carbonyl (C=O) groups is 1. The van der Waals surface area contributed by atoms with E-state index >= 15 is 0 Å². The van der Waals surface area contributed by atoms with E-state index in [0.29, 0.717) is 16.8 Å². The van der Waals surface area contributed by atoms with Gasteiger partial charge in [-0.15, -0.1) is 0 Å². The van der Waals surface area contributed by atoms with Gasteiger partial charge >= 0.3 is 5.76 Å². The van der Waals surface area contributed by atoms with Crippen LogP contribution in [-0.4, -0.2) is 16.4 Å². The Morgan fingerprint density at radius 3 is 2.81 bits per heavy atom. The quantitative estimate of drug-likeness (QED) is 0.595. The summed E-state index contributed by atoms with van der Waals surface area (Å²) >= 11 is 2.86. The molecule has 0 aliphatic heterocycles. The van der Waals surface area contributed by atoms with Gasteiger partial charge in [0, 0.05) is 35.7 Å². The molecule has 0 aliphatic rings. The lowest BCUT2D eigenvalue weighted by Crippen LogP contribution is -2.19. The van der Waals surface area contributed by atoms with Crippen molar-refractivity contribution in [1.29, 1.82) is 0 Å². The number of hydrogen-bond donors (Lipinski definition) is 0. The summed E-state index contributed by atoms with van der Waals surface area (Å²) in [5.74, 6) is -0.417. The van der Waals surface area contributed by atoms with Crippen molar-refractivity contribution in [3.05, 3.63) is 28.7 Å². The molecule has 5 nitrogen and oxygen atoms in total. The summed E-state index contributed by atoms with van der Waals surface area (Å²) in [5.41, 5.74) is 1.85. The zero-order valence-corrected chi connectivity index (χ0v) is 10.3. The van der Waals surface area contributed by atoms with Crippen LogP contribution in [0.1, 0.15) is 0 Å². The zero-order chi connectivity index (χ0) is 11.9. The highest BCUT2D eigenvalue weighted by Gasteiger charge is 2.11. The number of amides is 1. The van der Waals surface area contributed by atoms with Crippen molar-refractivity contribution >= 4 is 37.5 Å². The van der Waals surface area contributed by atoms with E-state index in [-0.39, 0.29) is 4.82 Å². The van der Waals surface area contributed by atoms with Crippen LogP contribution in [0.5, 0.6) is 0 Å². The number of nitrogens with zero attached hydrogens (tertiary/aromatic N) is 2. The molecule has 1 heterocycles. The van der Waals surface area contributed by atoms with E-state index in [1.165, 1.54) is 9.47 Å². The van der Waals surface area contributed by atoms with Crippen molar-refractivity contribution in [2.45, 2.75) is 0 Å². The Hall–Kier alpha value is -1.56. The van der Waals surface area contributed by atoms with Gasteiger partial charge in [-0.3, -0.25) is 9.36 Å². The van der Waals surface area contributed by atoms with Crippen molar-refractivity contribution in [1.82, 2.24) is 4.57 Å². The van der Waals surface area contributed by atoms with Crippen LogP contribution in [-0.2, 0) is 7.05 Å². The van der Waals surface area contributed by atoms with Crippen LogP contribution < -0.4 is 10.7 Å². The summed E-state index contributed by atoms with van der Waals surface area (Å²) in [6.07, 6.45) is 0. The Kier molecular flexibility index (Phi) is 2.59. The molecule has 84 valence electrons. The second kappa shape index (κ2) is 3.79. The number of anilines is 1. The molecule has 1 aromatic carbocycles. The van der Waals surface area contributed by atoms with Crippen LogP contribution in [0.15, 0.2) is 27.4 Å². The normalized spacial score (nSPS) is 10.7. The highest BCUT2D eigenvalue weighted by molar-refractivity contribution is 9.18. The molecule has 0 fully saturated rings. The number of aryl methyl sites for hydroxylation is 1. The van der Waals surface area contributed by atoms with Crippen molar-refractivity contribution in [2.75, 3.05) is 11.9 Å². The Morgan fingerprint density at radius 2 is 2.19 bits per heavy atom. The number of hydrogen-bond acceptors (Lipinski definition) is 3. The van der Waals surface area contributed by atoms with Gasteiger partial charge < -0.3 is 9.32 Å². The molecule has 0 saturated carbocycles. The minimum Gasteiger partial charge on any atom is -0.408 e. The number of carbonyl (C=O) groups excluding carboxylic acids is 1. The molecule has 6 heteroatoms. The fourth-order valence-electron chi connectivity index (χ4n) is 1.43. The van der Waals surface area contributed by atoms with E-state index in [1.54, 1.807) is 32.3 Å². The second-order valence-electron chi connectivity index (χ2n) is 3.39. The number of rotatable bonds is 1. The van der Waals surface area contributed by atoms with Crippen LogP contribution in [0.2, 0.25) is 0 Å². The average Bonchev–Trinajstić information content (AvgIpc) is 2.53. The Bertz CT molecular complexity index is 614. The molecule has 0 spiro atoms. The number of benzene rings is 1. The number of oxazole rings is 1. The predicted octanol–water partition coefficient (Wildman–Crippen LogP) is 2.08. The molecule has 0 radical (unpaired) electrons. The van der Waals surface area contributed by atoms with Gasteiger partial charge in [0.15, 0.2) is 5.58 Å². The van der Waals surface area contributed by atoms with Gasteiger partial charge in [0.2, 0.25) is 0 Å². The van der Waals surface area contributed by atoms with E-state index < -0.39 is 5.76 Å². The minimum absolute atomic E-state index is 0.250. The first-order valence-electron chi connectivity index (χ1n) is 4.53. The van der Waals surface area contributed by atoms with Crippen molar-refractivity contribution in [2.24, 2.45) is 7.05 Å². The minimum atomic E-state index is -0.417. The molecule has 1 aromatic heterocycles. The highest BCUT2D eigenvalue weighted by Crippen LogP contribution is 2.21. The fourth-order valence-corrected chi connectivity index (χ4v) is 1.63. The smallest absolute Gasteiger partial charge is 0.408 e. The van der Waals surface area contributed by atoms with Crippen molar-refractivity contribution < 1.29 is 9.21 Å². The first kappa shape index (κ1) is 10.9. The van der Waals surface area contributed by atoms with E-state index in [4.69, 9.17) is 4.42 Å². The summed E-state index contributed by atoms with van der Waals surface area (Å²) < 4.78 is 6.38. The molecule has 0 aliphatic carbocycles. The molecular weight excluding hydrogens is 276 g/mol. The summed E-state index contributed by atoms with van der Waals surface area (Å²) in [6, 6.07) is 5.10. The van der Waals surface area contributed by atoms with Gasteiger partial charge in [-0.25, -0.2) is 4.79 Å². The maximum Gasteiger partial charge on any atom is 0.419 e. The SMILES string of the molecule is CN(C(=O)Br)c1ccc2oc(=O)n(C)c2c1. The third kappa shape index (κ3) is 1.65. The fraction of sp³-hybridized carbons (Fsp3) is 0.200. The van der Waals surface area contributed by atoms with Gasteiger partial charge in [0.05, 0.1) is 5.52 Å². The molecule has 0 saturated heterocycles. The molecule has 2 aromatic rings. The Balaban J connectivity index is 2.63. The van der Waals surface area contributed by atoms with E-state index in [0.717, 1.165) is 0 Å². The zero-order valence-electron chi connectivity index (χ0n) is 8.73. The lowest BCUT2D eigenvalue weighted by atomic mass is 10.2. The summed E-state index contributed by atoms with van der Waals surface area (Å²) in [4.78, 5) is 23.6. The summed E-state index contributed by atoms with van der Waals surface area (Å²) in [7, 11) is 3.25. The Morgan fingerprint density at radius 1 is 1.50 bits per heavy atom. The van der Waals surface area contributed by atoms with Crippen LogP contribution in [0.25, 0.3) is 11.1 Å². The largest absolute Gasteiger partial charge is 0.419 e. The maximum atomic E-state index is 11.3.